The lowest BCUT2D eigenvalue weighted by atomic mass is 10.1. The molecule has 0 fully saturated rings. The Balaban J connectivity index is 1.22. The zero-order chi connectivity index (χ0) is 22.9. The Morgan fingerprint density at radius 1 is 1.03 bits per heavy atom. The minimum atomic E-state index is -0.192. The first-order valence-corrected chi connectivity index (χ1v) is 13.1. The summed E-state index contributed by atoms with van der Waals surface area (Å²) in [5.74, 6) is 1.66. The van der Waals surface area contributed by atoms with Gasteiger partial charge < -0.3 is 4.74 Å². The monoisotopic (exact) mass is 494 g/mol. The van der Waals surface area contributed by atoms with Crippen molar-refractivity contribution in [2.24, 2.45) is 5.10 Å². The lowest BCUT2D eigenvalue weighted by Crippen LogP contribution is -2.19. The van der Waals surface area contributed by atoms with Crippen LogP contribution in [0.5, 0.6) is 5.75 Å². The second-order valence-electron chi connectivity index (χ2n) is 6.84. The number of rotatable bonds is 10. The molecule has 3 aromatic carbocycles. The zero-order valence-electron chi connectivity index (χ0n) is 17.9. The Bertz CT molecular complexity index is 1240. The summed E-state index contributed by atoms with van der Waals surface area (Å²) in [4.78, 5) is 12.1. The fourth-order valence-corrected chi connectivity index (χ4v) is 5.84. The molecule has 0 aliphatic heterocycles. The van der Waals surface area contributed by atoms with Crippen molar-refractivity contribution in [2.75, 3.05) is 12.4 Å². The van der Waals surface area contributed by atoms with Crippen LogP contribution in [-0.2, 0) is 10.5 Å². The highest BCUT2D eigenvalue weighted by Gasteiger charge is 2.09. The molecule has 4 rings (SSSR count). The average molecular weight is 495 g/mol. The number of hydrogen-bond acceptors (Lipinski definition) is 8. The molecule has 6 nitrogen and oxygen atoms in total. The van der Waals surface area contributed by atoms with Gasteiger partial charge in [-0.3, -0.25) is 4.79 Å². The summed E-state index contributed by atoms with van der Waals surface area (Å²) in [6.45, 7) is 2.57. The molecule has 0 atom stereocenters. The van der Waals surface area contributed by atoms with Gasteiger partial charge in [-0.15, -0.1) is 10.2 Å². The van der Waals surface area contributed by atoms with Crippen molar-refractivity contribution in [3.8, 4) is 5.75 Å². The number of carbonyl (C=O) groups excluding carboxylic acids is 1. The molecule has 1 aromatic heterocycles. The number of amides is 1. The number of hydrazone groups is 1. The van der Waals surface area contributed by atoms with Crippen molar-refractivity contribution < 1.29 is 9.53 Å². The van der Waals surface area contributed by atoms with Crippen molar-refractivity contribution in [3.63, 3.8) is 0 Å². The number of fused-ring (bicyclic) bond motifs is 1. The Morgan fingerprint density at radius 2 is 1.79 bits per heavy atom. The van der Waals surface area contributed by atoms with Crippen LogP contribution in [0.15, 0.2) is 80.5 Å². The van der Waals surface area contributed by atoms with Crippen LogP contribution in [0.3, 0.4) is 0 Å². The molecule has 1 N–H and O–H groups in total. The third kappa shape index (κ3) is 6.80. The second-order valence-corrected chi connectivity index (χ2v) is 10.3. The third-order valence-corrected chi connectivity index (χ3v) is 7.78. The van der Waals surface area contributed by atoms with E-state index in [1.165, 1.54) is 39.4 Å². The van der Waals surface area contributed by atoms with E-state index in [2.05, 4.69) is 63.2 Å². The van der Waals surface area contributed by atoms with Gasteiger partial charge in [0.2, 0.25) is 0 Å². The Labute approximate surface area is 204 Å². The van der Waals surface area contributed by atoms with Crippen molar-refractivity contribution in [2.45, 2.75) is 21.4 Å². The van der Waals surface area contributed by atoms with E-state index in [-0.39, 0.29) is 11.7 Å². The van der Waals surface area contributed by atoms with Gasteiger partial charge in [-0.25, -0.2) is 5.43 Å². The molecular weight excluding hydrogens is 472 g/mol. The van der Waals surface area contributed by atoms with Gasteiger partial charge in [0.1, 0.15) is 5.75 Å². The molecule has 0 saturated carbocycles. The molecule has 168 valence electrons. The third-order valence-electron chi connectivity index (χ3n) is 4.54. The molecular formula is C24H22N4O2S3. The van der Waals surface area contributed by atoms with E-state index in [4.69, 9.17) is 4.74 Å². The number of aromatic nitrogens is 2. The molecule has 0 aliphatic rings. The van der Waals surface area contributed by atoms with Crippen molar-refractivity contribution >= 4 is 57.8 Å². The smallest absolute Gasteiger partial charge is 0.250 e. The van der Waals surface area contributed by atoms with Gasteiger partial charge in [0.25, 0.3) is 5.91 Å². The van der Waals surface area contributed by atoms with E-state index in [9.17, 15) is 4.79 Å². The van der Waals surface area contributed by atoms with Crippen LogP contribution in [0.1, 0.15) is 18.1 Å². The number of nitrogens with zero attached hydrogens (tertiary/aromatic N) is 3. The average Bonchev–Trinajstić information content (AvgIpc) is 3.30. The lowest BCUT2D eigenvalue weighted by molar-refractivity contribution is -0.118. The van der Waals surface area contributed by atoms with Gasteiger partial charge in [-0.1, -0.05) is 77.3 Å². The Morgan fingerprint density at radius 3 is 2.61 bits per heavy atom. The maximum absolute atomic E-state index is 12.1. The number of ether oxygens (including phenoxy) is 1. The molecule has 1 heterocycles. The highest BCUT2D eigenvalue weighted by Crippen LogP contribution is 2.32. The van der Waals surface area contributed by atoms with E-state index < -0.39 is 0 Å². The Kier molecular flexibility index (Phi) is 8.35. The summed E-state index contributed by atoms with van der Waals surface area (Å²) in [6, 6.07) is 22.2. The predicted molar refractivity (Wildman–Crippen MR) is 137 cm³/mol. The summed E-state index contributed by atoms with van der Waals surface area (Å²) in [5, 5.41) is 14.9. The quantitative estimate of drug-likeness (QED) is 0.175. The molecule has 0 saturated heterocycles. The summed E-state index contributed by atoms with van der Waals surface area (Å²) < 4.78 is 7.06. The zero-order valence-corrected chi connectivity index (χ0v) is 20.4. The normalized spacial score (nSPS) is 11.2. The van der Waals surface area contributed by atoms with Crippen LogP contribution in [0, 0.1) is 0 Å². The van der Waals surface area contributed by atoms with E-state index in [0.29, 0.717) is 6.61 Å². The molecule has 4 aromatic rings. The number of thioether (sulfide) groups is 2. The lowest BCUT2D eigenvalue weighted by Gasteiger charge is -2.04. The van der Waals surface area contributed by atoms with Gasteiger partial charge in [-0.05, 0) is 53.1 Å². The van der Waals surface area contributed by atoms with E-state index in [1.54, 1.807) is 18.0 Å². The second kappa shape index (κ2) is 11.8. The maximum atomic E-state index is 12.1. The SMILES string of the molecule is CCOc1ccc(/C=N\NC(=O)CSc2nnc(SCc3cccc4ccccc34)s2)cc1. The fraction of sp³-hybridized carbons (Fsp3) is 0.167. The predicted octanol–water partition coefficient (Wildman–Crippen LogP) is 5.62. The number of benzene rings is 3. The fourth-order valence-electron chi connectivity index (χ4n) is 3.03. The summed E-state index contributed by atoms with van der Waals surface area (Å²) in [7, 11) is 0. The van der Waals surface area contributed by atoms with E-state index >= 15 is 0 Å². The number of hydrogen-bond donors (Lipinski definition) is 1. The molecule has 0 bridgehead atoms. The van der Waals surface area contributed by atoms with Crippen molar-refractivity contribution in [1.82, 2.24) is 15.6 Å². The van der Waals surface area contributed by atoms with Crippen molar-refractivity contribution in [1.29, 1.82) is 0 Å². The first kappa shape index (κ1) is 23.3. The van der Waals surface area contributed by atoms with Crippen LogP contribution in [-0.4, -0.2) is 34.7 Å². The molecule has 0 aliphatic carbocycles. The van der Waals surface area contributed by atoms with Gasteiger partial charge in [0.15, 0.2) is 8.68 Å². The first-order valence-electron chi connectivity index (χ1n) is 10.3. The standard InChI is InChI=1S/C24H22N4O2S3/c1-2-30-20-12-10-17(11-13-20)14-25-26-22(29)16-32-24-28-27-23(33-24)31-15-19-8-5-7-18-6-3-4-9-21(18)19/h3-14H,2,15-16H2,1H3,(H,26,29)/b25-14-. The minimum absolute atomic E-state index is 0.192. The van der Waals surface area contributed by atoms with Gasteiger partial charge in [0.05, 0.1) is 18.6 Å². The number of nitrogens with one attached hydrogen (secondary N) is 1. The summed E-state index contributed by atoms with van der Waals surface area (Å²) in [6.07, 6.45) is 1.60. The highest BCUT2D eigenvalue weighted by molar-refractivity contribution is 8.03. The van der Waals surface area contributed by atoms with E-state index in [1.807, 2.05) is 31.2 Å². The van der Waals surface area contributed by atoms with Crippen molar-refractivity contribution in [3.05, 3.63) is 77.9 Å². The van der Waals surface area contributed by atoms with Crippen LogP contribution in [0.2, 0.25) is 0 Å². The van der Waals surface area contributed by atoms with Crippen LogP contribution < -0.4 is 10.2 Å². The molecule has 9 heteroatoms. The van der Waals surface area contributed by atoms with Crippen LogP contribution in [0.25, 0.3) is 10.8 Å². The van der Waals surface area contributed by atoms with Crippen LogP contribution in [0.4, 0.5) is 0 Å². The van der Waals surface area contributed by atoms with Gasteiger partial charge >= 0.3 is 0 Å². The molecule has 33 heavy (non-hydrogen) atoms. The molecule has 0 radical (unpaired) electrons. The van der Waals surface area contributed by atoms with Crippen LogP contribution >= 0.6 is 34.9 Å². The molecule has 0 unspecified atom stereocenters. The molecule has 1 amide bonds. The van der Waals surface area contributed by atoms with Gasteiger partial charge in [0, 0.05) is 5.75 Å². The summed E-state index contributed by atoms with van der Waals surface area (Å²) in [5.41, 5.74) is 4.69. The molecule has 0 spiro atoms. The van der Waals surface area contributed by atoms with Gasteiger partial charge in [-0.2, -0.15) is 5.10 Å². The Hall–Kier alpha value is -2.88. The largest absolute Gasteiger partial charge is 0.494 e. The summed E-state index contributed by atoms with van der Waals surface area (Å²) >= 11 is 4.51. The highest BCUT2D eigenvalue weighted by atomic mass is 32.2. The number of carbonyl (C=O) groups is 1. The first-order chi connectivity index (χ1) is 16.2. The maximum Gasteiger partial charge on any atom is 0.250 e. The van der Waals surface area contributed by atoms with E-state index in [0.717, 1.165) is 25.7 Å². The minimum Gasteiger partial charge on any atom is -0.494 e. The topological polar surface area (TPSA) is 76.5 Å².